The normalized spacial score (nSPS) is 12.3. The Morgan fingerprint density at radius 2 is 1.75 bits per heavy atom. The Labute approximate surface area is 120 Å². The highest BCUT2D eigenvalue weighted by Gasteiger charge is 2.06. The quantitative estimate of drug-likeness (QED) is 0.807. The molecule has 0 radical (unpaired) electrons. The fourth-order valence-electron chi connectivity index (χ4n) is 2.28. The molecule has 1 atom stereocenters. The molecule has 2 heteroatoms. The van der Waals surface area contributed by atoms with Crippen LogP contribution in [-0.4, -0.2) is 0 Å². The molecule has 0 fully saturated rings. The van der Waals surface area contributed by atoms with Gasteiger partial charge < -0.3 is 5.32 Å². The van der Waals surface area contributed by atoms with E-state index in [0.717, 1.165) is 6.42 Å². The molecule has 1 nitrogen and oxygen atoms in total. The summed E-state index contributed by atoms with van der Waals surface area (Å²) in [4.78, 5) is 0. The topological polar surface area (TPSA) is 12.0 Å². The summed E-state index contributed by atoms with van der Waals surface area (Å²) < 4.78 is 13.5. The van der Waals surface area contributed by atoms with Gasteiger partial charge in [-0.25, -0.2) is 4.39 Å². The Balaban J connectivity index is 1.94. The molecular weight excluding hydrogens is 249 g/mol. The van der Waals surface area contributed by atoms with Gasteiger partial charge in [0.1, 0.15) is 5.82 Å². The number of aryl methyl sites for hydroxylation is 1. The van der Waals surface area contributed by atoms with Gasteiger partial charge in [0.25, 0.3) is 0 Å². The molecule has 0 saturated carbocycles. The molecule has 20 heavy (non-hydrogen) atoms. The van der Waals surface area contributed by atoms with Gasteiger partial charge in [0.05, 0.1) is 0 Å². The fraction of sp³-hybridized carbons (Fsp3) is 0.333. The van der Waals surface area contributed by atoms with Crippen molar-refractivity contribution in [3.05, 3.63) is 71.0 Å². The van der Waals surface area contributed by atoms with Gasteiger partial charge in [0.15, 0.2) is 0 Å². The summed E-state index contributed by atoms with van der Waals surface area (Å²) in [5.74, 6) is -0.148. The largest absolute Gasteiger partial charge is 0.306 e. The van der Waals surface area contributed by atoms with E-state index in [2.05, 4.69) is 43.4 Å². The van der Waals surface area contributed by atoms with Crippen LogP contribution in [0.5, 0.6) is 0 Å². The smallest absolute Gasteiger partial charge is 0.127 e. The Hall–Kier alpha value is -1.67. The predicted molar refractivity (Wildman–Crippen MR) is 82.1 cm³/mol. The zero-order chi connectivity index (χ0) is 14.4. The molecule has 1 N–H and O–H groups in total. The molecule has 0 heterocycles. The number of benzene rings is 2. The molecule has 2 rings (SSSR count). The van der Waals surface area contributed by atoms with Crippen LogP contribution in [0.25, 0.3) is 0 Å². The summed E-state index contributed by atoms with van der Waals surface area (Å²) in [6.45, 7) is 4.84. The van der Waals surface area contributed by atoms with Crippen LogP contribution in [0.1, 0.15) is 43.0 Å². The Morgan fingerprint density at radius 1 is 1.05 bits per heavy atom. The van der Waals surface area contributed by atoms with Crippen molar-refractivity contribution in [3.63, 3.8) is 0 Å². The second-order valence-corrected chi connectivity index (χ2v) is 5.19. The van der Waals surface area contributed by atoms with E-state index < -0.39 is 0 Å². The zero-order valence-electron chi connectivity index (χ0n) is 12.2. The van der Waals surface area contributed by atoms with E-state index in [1.54, 1.807) is 6.07 Å². The Kier molecular flexibility index (Phi) is 5.31. The maximum absolute atomic E-state index is 13.5. The minimum absolute atomic E-state index is 0.148. The number of nitrogens with one attached hydrogen (secondary N) is 1. The Morgan fingerprint density at radius 3 is 2.40 bits per heavy atom. The lowest BCUT2D eigenvalue weighted by Crippen LogP contribution is -2.18. The van der Waals surface area contributed by atoms with Crippen molar-refractivity contribution in [3.8, 4) is 0 Å². The van der Waals surface area contributed by atoms with Crippen molar-refractivity contribution < 1.29 is 4.39 Å². The molecule has 0 aromatic heterocycles. The molecule has 106 valence electrons. The molecule has 2 aromatic rings. The van der Waals surface area contributed by atoms with E-state index >= 15 is 0 Å². The van der Waals surface area contributed by atoms with Crippen LogP contribution in [0.4, 0.5) is 4.39 Å². The van der Waals surface area contributed by atoms with Crippen molar-refractivity contribution in [2.24, 2.45) is 0 Å². The third-order valence-corrected chi connectivity index (χ3v) is 3.57. The van der Waals surface area contributed by atoms with Gasteiger partial charge in [-0.2, -0.15) is 0 Å². The average Bonchev–Trinajstić information content (AvgIpc) is 2.47. The van der Waals surface area contributed by atoms with Crippen LogP contribution >= 0.6 is 0 Å². The molecule has 0 amide bonds. The second kappa shape index (κ2) is 7.20. The van der Waals surface area contributed by atoms with E-state index in [4.69, 9.17) is 0 Å². The molecule has 0 aliphatic rings. The molecule has 0 aliphatic carbocycles. The van der Waals surface area contributed by atoms with Crippen molar-refractivity contribution in [2.75, 3.05) is 0 Å². The summed E-state index contributed by atoms with van der Waals surface area (Å²) in [6, 6.07) is 15.8. The van der Waals surface area contributed by atoms with Crippen molar-refractivity contribution in [1.82, 2.24) is 5.32 Å². The highest BCUT2D eigenvalue weighted by molar-refractivity contribution is 5.25. The van der Waals surface area contributed by atoms with Gasteiger partial charge in [0.2, 0.25) is 0 Å². The van der Waals surface area contributed by atoms with Crippen LogP contribution in [-0.2, 0) is 13.0 Å². The fourth-order valence-corrected chi connectivity index (χ4v) is 2.28. The van der Waals surface area contributed by atoms with Gasteiger partial charge >= 0.3 is 0 Å². The molecule has 0 saturated heterocycles. The number of hydrogen-bond donors (Lipinski definition) is 1. The first-order chi connectivity index (χ1) is 9.70. The van der Waals surface area contributed by atoms with E-state index in [1.165, 1.54) is 23.6 Å². The maximum atomic E-state index is 13.5. The van der Waals surface area contributed by atoms with E-state index in [1.807, 2.05) is 12.1 Å². The van der Waals surface area contributed by atoms with E-state index in [-0.39, 0.29) is 11.9 Å². The van der Waals surface area contributed by atoms with Crippen LogP contribution in [0, 0.1) is 5.82 Å². The minimum Gasteiger partial charge on any atom is -0.306 e. The van der Waals surface area contributed by atoms with Crippen LogP contribution in [0.2, 0.25) is 0 Å². The standard InChI is InChI=1S/C18H22FN/c1-3-6-15-9-11-16(12-10-15)14(2)20-13-17-7-4-5-8-18(17)19/h4-5,7-12,14,20H,3,6,13H2,1-2H3. The van der Waals surface area contributed by atoms with Gasteiger partial charge in [-0.1, -0.05) is 55.8 Å². The first-order valence-corrected chi connectivity index (χ1v) is 7.26. The number of halogens is 1. The summed E-state index contributed by atoms with van der Waals surface area (Å²) >= 11 is 0. The maximum Gasteiger partial charge on any atom is 0.127 e. The van der Waals surface area contributed by atoms with Crippen molar-refractivity contribution >= 4 is 0 Å². The zero-order valence-corrected chi connectivity index (χ0v) is 12.2. The molecule has 0 spiro atoms. The van der Waals surface area contributed by atoms with Crippen LogP contribution in [0.3, 0.4) is 0 Å². The summed E-state index contributed by atoms with van der Waals surface area (Å²) in [5.41, 5.74) is 3.32. The summed E-state index contributed by atoms with van der Waals surface area (Å²) in [7, 11) is 0. The molecule has 1 unspecified atom stereocenters. The SMILES string of the molecule is CCCc1ccc(C(C)NCc2ccccc2F)cc1. The van der Waals surface area contributed by atoms with Crippen molar-refractivity contribution in [1.29, 1.82) is 0 Å². The second-order valence-electron chi connectivity index (χ2n) is 5.19. The summed E-state index contributed by atoms with van der Waals surface area (Å²) in [6.07, 6.45) is 2.29. The first-order valence-electron chi connectivity index (χ1n) is 7.26. The molecular formula is C18H22FN. The highest BCUT2D eigenvalue weighted by Crippen LogP contribution is 2.15. The molecule has 0 bridgehead atoms. The summed E-state index contributed by atoms with van der Waals surface area (Å²) in [5, 5.41) is 3.37. The van der Waals surface area contributed by atoms with Crippen molar-refractivity contribution in [2.45, 2.75) is 39.3 Å². The number of hydrogen-bond acceptors (Lipinski definition) is 1. The first kappa shape index (κ1) is 14.7. The lowest BCUT2D eigenvalue weighted by atomic mass is 10.0. The molecule has 0 aliphatic heterocycles. The van der Waals surface area contributed by atoms with Crippen LogP contribution < -0.4 is 5.32 Å². The van der Waals surface area contributed by atoms with E-state index in [0.29, 0.717) is 12.1 Å². The monoisotopic (exact) mass is 271 g/mol. The van der Waals surface area contributed by atoms with Gasteiger partial charge in [0, 0.05) is 18.2 Å². The highest BCUT2D eigenvalue weighted by atomic mass is 19.1. The molecule has 2 aromatic carbocycles. The minimum atomic E-state index is -0.148. The number of rotatable bonds is 6. The van der Waals surface area contributed by atoms with Gasteiger partial charge in [-0.3, -0.25) is 0 Å². The van der Waals surface area contributed by atoms with Gasteiger partial charge in [-0.15, -0.1) is 0 Å². The third kappa shape index (κ3) is 3.91. The average molecular weight is 271 g/mol. The van der Waals surface area contributed by atoms with Gasteiger partial charge in [-0.05, 0) is 30.5 Å². The third-order valence-electron chi connectivity index (χ3n) is 3.57. The van der Waals surface area contributed by atoms with Crippen LogP contribution in [0.15, 0.2) is 48.5 Å². The van der Waals surface area contributed by atoms with E-state index in [9.17, 15) is 4.39 Å². The predicted octanol–water partition coefficient (Wildman–Crippen LogP) is 4.63. The lowest BCUT2D eigenvalue weighted by Gasteiger charge is -2.15. The Bertz CT molecular complexity index is 533. The lowest BCUT2D eigenvalue weighted by molar-refractivity contribution is 0.544.